The second-order valence-electron chi connectivity index (χ2n) is 9.10. The van der Waals surface area contributed by atoms with Crippen LogP contribution in [0.25, 0.3) is 10.9 Å². The third kappa shape index (κ3) is 4.71. The number of rotatable bonds is 6. The number of aliphatic hydroxyl groups is 1. The first kappa shape index (κ1) is 23.9. The first-order chi connectivity index (χ1) is 16.9. The second kappa shape index (κ2) is 9.69. The van der Waals surface area contributed by atoms with E-state index in [2.05, 4.69) is 16.7 Å². The molecule has 0 radical (unpaired) electrons. The highest BCUT2D eigenvalue weighted by Gasteiger charge is 2.32. The fourth-order valence-electron chi connectivity index (χ4n) is 4.83. The molecule has 1 N–H and O–H groups in total. The molecule has 0 saturated carbocycles. The Morgan fingerprint density at radius 1 is 1.00 bits per heavy atom. The zero-order valence-electron chi connectivity index (χ0n) is 20.0. The number of hydrogen-bond acceptors (Lipinski definition) is 8. The highest BCUT2D eigenvalue weighted by Crippen LogP contribution is 2.30. The number of para-hydroxylation sites is 1. The summed E-state index contributed by atoms with van der Waals surface area (Å²) in [5.74, 6) is 2.20. The Hall–Kier alpha value is -2.79. The van der Waals surface area contributed by atoms with Gasteiger partial charge in [-0.2, -0.15) is 4.31 Å². The Labute approximate surface area is 206 Å². The molecule has 5 rings (SSSR count). The normalized spacial score (nSPS) is 20.9. The van der Waals surface area contributed by atoms with E-state index in [4.69, 9.17) is 14.7 Å². The summed E-state index contributed by atoms with van der Waals surface area (Å²) in [5.41, 5.74) is 0.876. The monoisotopic (exact) mass is 497 g/mol. The number of piperazine rings is 1. The molecule has 10 heteroatoms. The number of aromatic nitrogens is 2. The first-order valence-electron chi connectivity index (χ1n) is 11.9. The van der Waals surface area contributed by atoms with Crippen molar-refractivity contribution in [3.05, 3.63) is 54.4 Å². The van der Waals surface area contributed by atoms with Crippen LogP contribution in [-0.4, -0.2) is 85.2 Å². The van der Waals surface area contributed by atoms with Gasteiger partial charge in [0.05, 0.1) is 29.7 Å². The summed E-state index contributed by atoms with van der Waals surface area (Å²) < 4.78 is 32.9. The molecule has 3 heterocycles. The van der Waals surface area contributed by atoms with Crippen LogP contribution in [-0.2, 0) is 10.0 Å². The Balaban J connectivity index is 1.33. The standard InChI is InChI=1S/C25H31N5O4S/c1-18(24-26-23-6-4-3-5-22(23)25(27-24)29-12-11-19(31)17-29)28-13-15-30(16-14-28)35(32,33)21-9-7-20(34-2)8-10-21/h3-10,18-19,31H,11-17H2,1-2H3/t18?,19-/m1/s1. The highest BCUT2D eigenvalue weighted by atomic mass is 32.2. The zero-order chi connectivity index (χ0) is 24.6. The van der Waals surface area contributed by atoms with Crippen LogP contribution >= 0.6 is 0 Å². The van der Waals surface area contributed by atoms with Gasteiger partial charge in [0.2, 0.25) is 10.0 Å². The molecule has 0 bridgehead atoms. The van der Waals surface area contributed by atoms with Crippen LogP contribution < -0.4 is 9.64 Å². The van der Waals surface area contributed by atoms with E-state index in [-0.39, 0.29) is 17.0 Å². The third-order valence-electron chi connectivity index (χ3n) is 6.96. The zero-order valence-corrected chi connectivity index (χ0v) is 20.9. The number of aliphatic hydroxyl groups excluding tert-OH is 1. The highest BCUT2D eigenvalue weighted by molar-refractivity contribution is 7.89. The summed E-state index contributed by atoms with van der Waals surface area (Å²) in [4.78, 5) is 14.4. The van der Waals surface area contributed by atoms with Gasteiger partial charge in [-0.15, -0.1) is 0 Å². The van der Waals surface area contributed by atoms with Gasteiger partial charge in [0, 0.05) is 44.7 Å². The van der Waals surface area contributed by atoms with Crippen LogP contribution in [0, 0.1) is 0 Å². The molecule has 0 aliphatic carbocycles. The minimum Gasteiger partial charge on any atom is -0.497 e. The summed E-state index contributed by atoms with van der Waals surface area (Å²) >= 11 is 0. The lowest BCUT2D eigenvalue weighted by Crippen LogP contribution is -2.49. The van der Waals surface area contributed by atoms with Gasteiger partial charge in [-0.3, -0.25) is 4.90 Å². The maximum Gasteiger partial charge on any atom is 0.243 e. The summed E-state index contributed by atoms with van der Waals surface area (Å²) in [5, 5.41) is 11.0. The maximum atomic E-state index is 13.1. The molecule has 2 saturated heterocycles. The van der Waals surface area contributed by atoms with Gasteiger partial charge < -0.3 is 14.7 Å². The van der Waals surface area contributed by atoms with E-state index in [9.17, 15) is 13.5 Å². The average Bonchev–Trinajstić information content (AvgIpc) is 3.33. The van der Waals surface area contributed by atoms with Crippen molar-refractivity contribution in [2.75, 3.05) is 51.3 Å². The van der Waals surface area contributed by atoms with Crippen LogP contribution in [0.2, 0.25) is 0 Å². The topological polar surface area (TPSA) is 99.1 Å². The lowest BCUT2D eigenvalue weighted by atomic mass is 10.2. The number of nitrogens with zero attached hydrogens (tertiary/aromatic N) is 5. The minimum absolute atomic E-state index is 0.0725. The van der Waals surface area contributed by atoms with E-state index in [1.807, 2.05) is 24.3 Å². The molecule has 2 aromatic carbocycles. The van der Waals surface area contributed by atoms with Gasteiger partial charge in [-0.1, -0.05) is 12.1 Å². The molecule has 186 valence electrons. The van der Waals surface area contributed by atoms with Gasteiger partial charge in [0.1, 0.15) is 17.4 Å². The van der Waals surface area contributed by atoms with E-state index < -0.39 is 10.0 Å². The molecule has 2 atom stereocenters. The Morgan fingerprint density at radius 2 is 1.71 bits per heavy atom. The number of methoxy groups -OCH3 is 1. The molecule has 1 aromatic heterocycles. The summed E-state index contributed by atoms with van der Waals surface area (Å²) in [7, 11) is -2.01. The van der Waals surface area contributed by atoms with E-state index in [1.165, 1.54) is 4.31 Å². The predicted molar refractivity (Wildman–Crippen MR) is 134 cm³/mol. The van der Waals surface area contributed by atoms with Crippen molar-refractivity contribution in [2.24, 2.45) is 0 Å². The van der Waals surface area contributed by atoms with E-state index in [0.29, 0.717) is 44.3 Å². The van der Waals surface area contributed by atoms with Crippen molar-refractivity contribution in [3.8, 4) is 5.75 Å². The number of ether oxygens (including phenoxy) is 1. The first-order valence-corrected chi connectivity index (χ1v) is 13.4. The third-order valence-corrected chi connectivity index (χ3v) is 8.87. The van der Waals surface area contributed by atoms with Gasteiger partial charge in [0.25, 0.3) is 0 Å². The van der Waals surface area contributed by atoms with Gasteiger partial charge >= 0.3 is 0 Å². The molecule has 2 fully saturated rings. The van der Waals surface area contributed by atoms with Crippen molar-refractivity contribution in [3.63, 3.8) is 0 Å². The van der Waals surface area contributed by atoms with Crippen molar-refractivity contribution in [1.29, 1.82) is 0 Å². The molecule has 9 nitrogen and oxygen atoms in total. The van der Waals surface area contributed by atoms with E-state index in [0.717, 1.165) is 29.7 Å². The molecule has 0 amide bonds. The van der Waals surface area contributed by atoms with Crippen molar-refractivity contribution in [1.82, 2.24) is 19.2 Å². The maximum absolute atomic E-state index is 13.1. The number of anilines is 1. The van der Waals surface area contributed by atoms with Gasteiger partial charge in [-0.25, -0.2) is 18.4 Å². The molecule has 1 unspecified atom stereocenters. The fourth-order valence-corrected chi connectivity index (χ4v) is 6.25. The summed E-state index contributed by atoms with van der Waals surface area (Å²) in [6, 6.07) is 14.4. The van der Waals surface area contributed by atoms with Crippen LogP contribution in [0.15, 0.2) is 53.4 Å². The van der Waals surface area contributed by atoms with Gasteiger partial charge in [-0.05, 0) is 49.7 Å². The van der Waals surface area contributed by atoms with Gasteiger partial charge in [0.15, 0.2) is 0 Å². The summed E-state index contributed by atoms with van der Waals surface area (Å²) in [6.45, 7) is 5.37. The van der Waals surface area contributed by atoms with Crippen LogP contribution in [0.5, 0.6) is 5.75 Å². The molecule has 3 aromatic rings. The number of sulfonamides is 1. The fraction of sp³-hybridized carbons (Fsp3) is 0.440. The Kier molecular flexibility index (Phi) is 6.63. The number of hydrogen-bond donors (Lipinski definition) is 1. The molecule has 35 heavy (non-hydrogen) atoms. The van der Waals surface area contributed by atoms with Crippen molar-refractivity contribution >= 4 is 26.7 Å². The average molecular weight is 498 g/mol. The minimum atomic E-state index is -3.56. The van der Waals surface area contributed by atoms with Crippen molar-refractivity contribution < 1.29 is 18.3 Å². The van der Waals surface area contributed by atoms with Crippen LogP contribution in [0.4, 0.5) is 5.82 Å². The molecular weight excluding hydrogens is 466 g/mol. The quantitative estimate of drug-likeness (QED) is 0.554. The van der Waals surface area contributed by atoms with Crippen LogP contribution in [0.3, 0.4) is 0 Å². The molecule has 2 aliphatic rings. The van der Waals surface area contributed by atoms with E-state index in [1.54, 1.807) is 31.4 Å². The van der Waals surface area contributed by atoms with Crippen molar-refractivity contribution in [2.45, 2.75) is 30.4 Å². The molecule has 0 spiro atoms. The summed E-state index contributed by atoms with van der Waals surface area (Å²) in [6.07, 6.45) is 0.388. The Bertz CT molecular complexity index is 1290. The largest absolute Gasteiger partial charge is 0.497 e. The Morgan fingerprint density at radius 3 is 2.37 bits per heavy atom. The predicted octanol–water partition coefficient (Wildman–Crippen LogP) is 2.28. The molecule has 2 aliphatic heterocycles. The molecular formula is C25H31N5O4S. The SMILES string of the molecule is COc1ccc(S(=O)(=O)N2CCN(C(C)c3nc(N4CC[C@@H](O)C4)c4ccccc4n3)CC2)cc1. The number of benzene rings is 2. The number of β-amino-alcohol motifs (C(OH)–C–C–N with tert-alkyl or cyclic N) is 1. The number of fused-ring (bicyclic) bond motifs is 1. The van der Waals surface area contributed by atoms with E-state index >= 15 is 0 Å². The smallest absolute Gasteiger partial charge is 0.243 e. The van der Waals surface area contributed by atoms with Crippen LogP contribution in [0.1, 0.15) is 25.2 Å². The lowest BCUT2D eigenvalue weighted by Gasteiger charge is -2.37. The second-order valence-corrected chi connectivity index (χ2v) is 11.0. The lowest BCUT2D eigenvalue weighted by molar-refractivity contribution is 0.141.